The molecular formula is C14H16N6O5. The first-order chi connectivity index (χ1) is 11.7. The maximum absolute atomic E-state index is 12.6. The Labute approximate surface area is 140 Å². The average Bonchev–Trinajstić information content (AvgIpc) is 3.25. The summed E-state index contributed by atoms with van der Waals surface area (Å²) in [5, 5.41) is 15.0. The van der Waals surface area contributed by atoms with Gasteiger partial charge in [-0.05, 0) is 26.7 Å². The molecule has 1 saturated carbocycles. The highest BCUT2D eigenvalue weighted by Crippen LogP contribution is 2.35. The van der Waals surface area contributed by atoms with E-state index in [9.17, 15) is 24.5 Å². The molecule has 2 aromatic heterocycles. The molecule has 0 radical (unpaired) electrons. The lowest BCUT2D eigenvalue weighted by molar-refractivity contribution is -0.386. The molecule has 0 atom stereocenters. The molecule has 2 aromatic rings. The smallest absolute Gasteiger partial charge is 0.330 e. The molecule has 3 rings (SSSR count). The van der Waals surface area contributed by atoms with E-state index in [0.717, 1.165) is 17.5 Å². The van der Waals surface area contributed by atoms with Gasteiger partial charge in [0, 0.05) is 6.04 Å². The summed E-state index contributed by atoms with van der Waals surface area (Å²) in [6, 6.07) is -0.120. The van der Waals surface area contributed by atoms with Crippen molar-refractivity contribution in [3.05, 3.63) is 47.9 Å². The second kappa shape index (κ2) is 5.69. The zero-order chi connectivity index (χ0) is 18.5. The van der Waals surface area contributed by atoms with Crippen molar-refractivity contribution in [3.63, 3.8) is 0 Å². The van der Waals surface area contributed by atoms with Gasteiger partial charge in [-0.2, -0.15) is 5.10 Å². The van der Waals surface area contributed by atoms with E-state index < -0.39 is 28.5 Å². The van der Waals surface area contributed by atoms with Crippen LogP contribution in [0.1, 0.15) is 40.6 Å². The van der Waals surface area contributed by atoms with Gasteiger partial charge in [0.2, 0.25) is 0 Å². The lowest BCUT2D eigenvalue weighted by Crippen LogP contribution is -2.36. The summed E-state index contributed by atoms with van der Waals surface area (Å²) in [5.41, 5.74) is 4.21. The largest absolute Gasteiger partial charge is 0.384 e. The topological polar surface area (TPSA) is 159 Å². The fraction of sp³-hybridized carbons (Fsp3) is 0.429. The van der Waals surface area contributed by atoms with E-state index in [1.54, 1.807) is 0 Å². The number of ketones is 1. The zero-order valence-corrected chi connectivity index (χ0v) is 13.6. The van der Waals surface area contributed by atoms with E-state index >= 15 is 0 Å². The van der Waals surface area contributed by atoms with Crippen LogP contribution in [0.2, 0.25) is 0 Å². The summed E-state index contributed by atoms with van der Waals surface area (Å²) in [5.74, 6) is -0.856. The number of carbonyl (C=O) groups is 1. The SMILES string of the molecule is Cc1nn(CC(=O)c2c(N)n(C3CC3)c(=O)[nH]c2=O)c(C)c1[N+](=O)[O-]. The summed E-state index contributed by atoms with van der Waals surface area (Å²) in [6.07, 6.45) is 1.49. The first kappa shape index (κ1) is 16.6. The molecule has 2 heterocycles. The minimum absolute atomic E-state index is 0.120. The van der Waals surface area contributed by atoms with E-state index in [4.69, 9.17) is 5.73 Å². The van der Waals surface area contributed by atoms with Crippen LogP contribution in [0.4, 0.5) is 11.5 Å². The number of aromatic nitrogens is 4. The van der Waals surface area contributed by atoms with Gasteiger partial charge in [0.25, 0.3) is 5.56 Å². The van der Waals surface area contributed by atoms with Gasteiger partial charge < -0.3 is 5.73 Å². The number of nitrogens with two attached hydrogens (primary N) is 1. The van der Waals surface area contributed by atoms with Crippen molar-refractivity contribution in [2.75, 3.05) is 5.73 Å². The second-order valence-electron chi connectivity index (χ2n) is 5.98. The fourth-order valence-electron chi connectivity index (χ4n) is 2.85. The number of hydrogen-bond donors (Lipinski definition) is 2. The molecule has 1 aliphatic carbocycles. The molecule has 0 bridgehead atoms. The highest BCUT2D eigenvalue weighted by atomic mass is 16.6. The highest BCUT2D eigenvalue weighted by Gasteiger charge is 2.30. The number of Topliss-reactive ketones (excluding diaryl/α,β-unsaturated/α-hetero) is 1. The maximum atomic E-state index is 12.6. The van der Waals surface area contributed by atoms with Crippen molar-refractivity contribution in [3.8, 4) is 0 Å². The number of nitrogens with one attached hydrogen (secondary N) is 1. The van der Waals surface area contributed by atoms with Crippen molar-refractivity contribution < 1.29 is 9.72 Å². The first-order valence-corrected chi connectivity index (χ1v) is 7.58. The Balaban J connectivity index is 2.02. The molecule has 0 aliphatic heterocycles. The number of nitrogens with zero attached hydrogens (tertiary/aromatic N) is 4. The van der Waals surface area contributed by atoms with Gasteiger partial charge in [-0.1, -0.05) is 0 Å². The number of aromatic amines is 1. The first-order valence-electron chi connectivity index (χ1n) is 7.58. The van der Waals surface area contributed by atoms with Gasteiger partial charge in [0.05, 0.1) is 4.92 Å². The lowest BCUT2D eigenvalue weighted by Gasteiger charge is -2.11. The molecule has 0 spiro atoms. The second-order valence-corrected chi connectivity index (χ2v) is 5.98. The van der Waals surface area contributed by atoms with Crippen LogP contribution in [-0.2, 0) is 6.54 Å². The fourth-order valence-corrected chi connectivity index (χ4v) is 2.85. The van der Waals surface area contributed by atoms with Crippen molar-refractivity contribution in [2.45, 2.75) is 39.3 Å². The molecule has 3 N–H and O–H groups in total. The number of nitro groups is 1. The Bertz CT molecular complexity index is 1010. The molecule has 132 valence electrons. The lowest BCUT2D eigenvalue weighted by atomic mass is 10.2. The number of nitrogen functional groups attached to an aromatic ring is 1. The molecular weight excluding hydrogens is 332 g/mol. The van der Waals surface area contributed by atoms with E-state index in [1.165, 1.54) is 18.4 Å². The minimum atomic E-state index is -0.875. The van der Waals surface area contributed by atoms with Gasteiger partial charge in [0.15, 0.2) is 5.78 Å². The Morgan fingerprint density at radius 3 is 2.56 bits per heavy atom. The monoisotopic (exact) mass is 348 g/mol. The molecule has 0 unspecified atom stereocenters. The van der Waals surface area contributed by atoms with Crippen LogP contribution < -0.4 is 17.0 Å². The summed E-state index contributed by atoms with van der Waals surface area (Å²) in [4.78, 5) is 49.0. The third-order valence-corrected chi connectivity index (χ3v) is 4.19. The molecule has 0 aromatic carbocycles. The number of rotatable bonds is 5. The molecule has 11 nitrogen and oxygen atoms in total. The number of carbonyl (C=O) groups excluding carboxylic acids is 1. The summed E-state index contributed by atoms with van der Waals surface area (Å²) in [6.45, 7) is 2.53. The highest BCUT2D eigenvalue weighted by molar-refractivity contribution is 5.99. The molecule has 1 fully saturated rings. The van der Waals surface area contributed by atoms with Crippen LogP contribution in [-0.4, -0.2) is 30.0 Å². The van der Waals surface area contributed by atoms with Crippen LogP contribution >= 0.6 is 0 Å². The van der Waals surface area contributed by atoms with Crippen molar-refractivity contribution in [2.24, 2.45) is 0 Å². The summed E-state index contributed by atoms with van der Waals surface area (Å²) < 4.78 is 2.36. The third kappa shape index (κ3) is 2.73. The Morgan fingerprint density at radius 1 is 1.40 bits per heavy atom. The predicted octanol–water partition coefficient (Wildman–Crippen LogP) is 0.0581. The van der Waals surface area contributed by atoms with Gasteiger partial charge in [-0.15, -0.1) is 0 Å². The quantitative estimate of drug-likeness (QED) is 0.439. The molecule has 1 aliphatic rings. The average molecular weight is 348 g/mol. The maximum Gasteiger partial charge on any atom is 0.330 e. The Kier molecular flexibility index (Phi) is 3.78. The number of anilines is 1. The number of H-pyrrole nitrogens is 1. The minimum Gasteiger partial charge on any atom is -0.384 e. The Hall–Kier alpha value is -3.24. The van der Waals surface area contributed by atoms with E-state index in [2.05, 4.69) is 10.1 Å². The molecule has 11 heteroatoms. The van der Waals surface area contributed by atoms with E-state index in [0.29, 0.717) is 0 Å². The van der Waals surface area contributed by atoms with Gasteiger partial charge in [-0.25, -0.2) is 4.79 Å². The zero-order valence-electron chi connectivity index (χ0n) is 13.6. The summed E-state index contributed by atoms with van der Waals surface area (Å²) in [7, 11) is 0. The van der Waals surface area contributed by atoms with Gasteiger partial charge >= 0.3 is 11.4 Å². The van der Waals surface area contributed by atoms with Crippen LogP contribution in [0, 0.1) is 24.0 Å². The van der Waals surface area contributed by atoms with Gasteiger partial charge in [-0.3, -0.25) is 33.9 Å². The van der Waals surface area contributed by atoms with Crippen molar-refractivity contribution in [1.29, 1.82) is 0 Å². The Morgan fingerprint density at radius 2 is 2.04 bits per heavy atom. The van der Waals surface area contributed by atoms with Crippen LogP contribution in [0.3, 0.4) is 0 Å². The van der Waals surface area contributed by atoms with Crippen LogP contribution in [0.5, 0.6) is 0 Å². The molecule has 0 amide bonds. The normalized spacial score (nSPS) is 13.8. The van der Waals surface area contributed by atoms with Crippen molar-refractivity contribution in [1.82, 2.24) is 19.3 Å². The molecule has 25 heavy (non-hydrogen) atoms. The van der Waals surface area contributed by atoms with E-state index in [-0.39, 0.29) is 34.5 Å². The number of aryl methyl sites for hydroxylation is 1. The van der Waals surface area contributed by atoms with Crippen LogP contribution in [0.15, 0.2) is 9.59 Å². The van der Waals surface area contributed by atoms with Crippen LogP contribution in [0.25, 0.3) is 0 Å². The molecule has 0 saturated heterocycles. The predicted molar refractivity (Wildman–Crippen MR) is 86.7 cm³/mol. The van der Waals surface area contributed by atoms with E-state index in [1.807, 2.05) is 0 Å². The summed E-state index contributed by atoms with van der Waals surface area (Å²) >= 11 is 0. The van der Waals surface area contributed by atoms with Gasteiger partial charge in [0.1, 0.15) is 29.3 Å². The number of hydrogen-bond acceptors (Lipinski definition) is 7. The third-order valence-electron chi connectivity index (χ3n) is 4.19. The van der Waals surface area contributed by atoms with Crippen molar-refractivity contribution >= 4 is 17.3 Å². The standard InChI is InChI=1S/C14H16N6O5/c1-6-11(20(24)25)7(2)18(17-6)5-9(21)10-12(15)19(8-3-4-8)14(23)16-13(10)22/h8H,3-5,15H2,1-2H3,(H,16,22,23).